The van der Waals surface area contributed by atoms with Crippen LogP contribution < -0.4 is 0 Å². The molecule has 1 aromatic rings. The number of rotatable bonds is 2. The van der Waals surface area contributed by atoms with E-state index in [0.29, 0.717) is 0 Å². The molecule has 5 heteroatoms. The van der Waals surface area contributed by atoms with Crippen LogP contribution in [0.15, 0.2) is 18.2 Å². The molecule has 0 saturated carbocycles. The minimum Gasteiger partial charge on any atom is -0.258 e. The SMILES string of the molecule is Cc1cc(F)c(C=CC#N)cc1[N+](=O)[O-]. The maximum absolute atomic E-state index is 13.2. The average Bonchev–Trinajstić information content (AvgIpc) is 2.16. The van der Waals surface area contributed by atoms with Crippen molar-refractivity contribution in [2.24, 2.45) is 0 Å². The summed E-state index contributed by atoms with van der Waals surface area (Å²) in [5, 5.41) is 18.8. The van der Waals surface area contributed by atoms with Crippen molar-refractivity contribution in [3.63, 3.8) is 0 Å². The Morgan fingerprint density at radius 1 is 1.60 bits per heavy atom. The number of nitrogens with zero attached hydrogens (tertiary/aromatic N) is 2. The highest BCUT2D eigenvalue weighted by Crippen LogP contribution is 2.22. The van der Waals surface area contributed by atoms with E-state index in [4.69, 9.17) is 5.26 Å². The van der Waals surface area contributed by atoms with Crippen LogP contribution in [0.1, 0.15) is 11.1 Å². The summed E-state index contributed by atoms with van der Waals surface area (Å²) < 4.78 is 13.2. The second-order valence-corrected chi connectivity index (χ2v) is 2.88. The number of hydrogen-bond donors (Lipinski definition) is 0. The van der Waals surface area contributed by atoms with Crippen molar-refractivity contribution < 1.29 is 9.31 Å². The molecule has 0 unspecified atom stereocenters. The van der Waals surface area contributed by atoms with E-state index >= 15 is 0 Å². The third-order valence-electron chi connectivity index (χ3n) is 1.85. The molecule has 76 valence electrons. The van der Waals surface area contributed by atoms with Gasteiger partial charge in [0, 0.05) is 23.3 Å². The Labute approximate surface area is 85.4 Å². The zero-order valence-corrected chi connectivity index (χ0v) is 7.90. The smallest absolute Gasteiger partial charge is 0.258 e. The number of nitro groups is 1. The molecule has 0 fully saturated rings. The predicted molar refractivity (Wildman–Crippen MR) is 52.4 cm³/mol. The van der Waals surface area contributed by atoms with Gasteiger partial charge in [-0.3, -0.25) is 10.1 Å². The van der Waals surface area contributed by atoms with Crippen molar-refractivity contribution in [3.8, 4) is 6.07 Å². The van der Waals surface area contributed by atoms with Gasteiger partial charge in [0.1, 0.15) is 5.82 Å². The van der Waals surface area contributed by atoms with Crippen molar-refractivity contribution in [2.75, 3.05) is 0 Å². The van der Waals surface area contributed by atoms with Gasteiger partial charge >= 0.3 is 0 Å². The molecule has 0 amide bonds. The van der Waals surface area contributed by atoms with Gasteiger partial charge in [-0.2, -0.15) is 5.26 Å². The number of hydrogen-bond acceptors (Lipinski definition) is 3. The highest BCUT2D eigenvalue weighted by atomic mass is 19.1. The Kier molecular flexibility index (Phi) is 3.13. The molecule has 4 nitrogen and oxygen atoms in total. The van der Waals surface area contributed by atoms with Gasteiger partial charge in [-0.25, -0.2) is 4.39 Å². The van der Waals surface area contributed by atoms with Crippen LogP contribution in [0.3, 0.4) is 0 Å². The molecule has 0 bridgehead atoms. The molecular formula is C10H7FN2O2. The Balaban J connectivity index is 3.31. The van der Waals surface area contributed by atoms with Crippen LogP contribution >= 0.6 is 0 Å². The fourth-order valence-electron chi connectivity index (χ4n) is 1.13. The first-order chi connectivity index (χ1) is 7.06. The van der Waals surface area contributed by atoms with E-state index in [0.717, 1.165) is 18.2 Å². The minimum atomic E-state index is -0.585. The number of halogens is 1. The summed E-state index contributed by atoms with van der Waals surface area (Å²) in [6.07, 6.45) is 2.26. The van der Waals surface area contributed by atoms with Gasteiger partial charge in [-0.15, -0.1) is 0 Å². The van der Waals surface area contributed by atoms with Crippen molar-refractivity contribution >= 4 is 11.8 Å². The van der Waals surface area contributed by atoms with E-state index in [1.165, 1.54) is 13.0 Å². The van der Waals surface area contributed by atoms with Crippen molar-refractivity contribution in [1.82, 2.24) is 0 Å². The van der Waals surface area contributed by atoms with Crippen LogP contribution in [0.5, 0.6) is 0 Å². The molecule has 0 saturated heterocycles. The molecule has 0 heterocycles. The Bertz CT molecular complexity index is 475. The third-order valence-corrected chi connectivity index (χ3v) is 1.85. The second kappa shape index (κ2) is 4.33. The Morgan fingerprint density at radius 2 is 2.27 bits per heavy atom. The monoisotopic (exact) mass is 206 g/mol. The lowest BCUT2D eigenvalue weighted by molar-refractivity contribution is -0.385. The highest BCUT2D eigenvalue weighted by Gasteiger charge is 2.13. The van der Waals surface area contributed by atoms with Crippen LogP contribution in [0.4, 0.5) is 10.1 Å². The Hall–Kier alpha value is -2.22. The normalized spacial score (nSPS) is 10.2. The maximum atomic E-state index is 13.2. The van der Waals surface area contributed by atoms with E-state index in [-0.39, 0.29) is 16.8 Å². The van der Waals surface area contributed by atoms with Crippen LogP contribution in [0, 0.1) is 34.2 Å². The molecule has 1 rings (SSSR count). The zero-order valence-electron chi connectivity index (χ0n) is 7.90. The lowest BCUT2D eigenvalue weighted by Gasteiger charge is -2.00. The number of benzene rings is 1. The molecular weight excluding hydrogens is 199 g/mol. The maximum Gasteiger partial charge on any atom is 0.273 e. The fourth-order valence-corrected chi connectivity index (χ4v) is 1.13. The van der Waals surface area contributed by atoms with Gasteiger partial charge in [-0.1, -0.05) is 0 Å². The quantitative estimate of drug-likeness (QED) is 0.424. The van der Waals surface area contributed by atoms with Crippen LogP contribution in [-0.2, 0) is 0 Å². The molecule has 0 aliphatic rings. The molecule has 0 N–H and O–H groups in total. The molecule has 0 aliphatic carbocycles. The van der Waals surface area contributed by atoms with E-state index in [9.17, 15) is 14.5 Å². The first-order valence-corrected chi connectivity index (χ1v) is 4.07. The summed E-state index contributed by atoms with van der Waals surface area (Å²) in [4.78, 5) is 9.97. The predicted octanol–water partition coefficient (Wildman–Crippen LogP) is 2.58. The minimum absolute atomic E-state index is 0.0360. The molecule has 15 heavy (non-hydrogen) atoms. The average molecular weight is 206 g/mol. The van der Waals surface area contributed by atoms with Crippen molar-refractivity contribution in [3.05, 3.63) is 45.3 Å². The number of nitro benzene ring substituents is 1. The Morgan fingerprint density at radius 3 is 2.80 bits per heavy atom. The van der Waals surface area contributed by atoms with Gasteiger partial charge in [0.2, 0.25) is 0 Å². The van der Waals surface area contributed by atoms with E-state index in [1.54, 1.807) is 6.07 Å². The van der Waals surface area contributed by atoms with Gasteiger partial charge in [0.05, 0.1) is 11.0 Å². The fraction of sp³-hybridized carbons (Fsp3) is 0.100. The van der Waals surface area contributed by atoms with Gasteiger partial charge in [0.25, 0.3) is 5.69 Å². The standard InChI is InChI=1S/C10H7FN2O2/c1-7-5-9(11)8(3-2-4-12)6-10(7)13(14)15/h2-3,5-6H,1H3. The lowest BCUT2D eigenvalue weighted by Crippen LogP contribution is -1.94. The summed E-state index contributed by atoms with van der Waals surface area (Å²) in [6.45, 7) is 1.46. The molecule has 0 spiro atoms. The van der Waals surface area contributed by atoms with Crippen LogP contribution in [-0.4, -0.2) is 4.92 Å². The van der Waals surface area contributed by atoms with Crippen LogP contribution in [0.2, 0.25) is 0 Å². The molecule has 0 aromatic heterocycles. The lowest BCUT2D eigenvalue weighted by atomic mass is 10.1. The summed E-state index contributed by atoms with van der Waals surface area (Å²) >= 11 is 0. The van der Waals surface area contributed by atoms with E-state index in [1.807, 2.05) is 0 Å². The topological polar surface area (TPSA) is 66.9 Å². The largest absolute Gasteiger partial charge is 0.273 e. The molecule has 0 aliphatic heterocycles. The summed E-state index contributed by atoms with van der Waals surface area (Å²) in [5.41, 5.74) is 0.134. The zero-order chi connectivity index (χ0) is 11.4. The summed E-state index contributed by atoms with van der Waals surface area (Å²) in [6, 6.07) is 3.88. The number of nitriles is 1. The first-order valence-electron chi connectivity index (χ1n) is 4.07. The van der Waals surface area contributed by atoms with E-state index < -0.39 is 10.7 Å². The third kappa shape index (κ3) is 2.38. The van der Waals surface area contributed by atoms with Crippen LogP contribution in [0.25, 0.3) is 6.08 Å². The number of allylic oxidation sites excluding steroid dienone is 1. The van der Waals surface area contributed by atoms with Gasteiger partial charge in [0.15, 0.2) is 0 Å². The highest BCUT2D eigenvalue weighted by molar-refractivity contribution is 5.58. The summed E-state index contributed by atoms with van der Waals surface area (Å²) in [5.74, 6) is -0.579. The van der Waals surface area contributed by atoms with Crippen molar-refractivity contribution in [1.29, 1.82) is 5.26 Å². The number of aryl methyl sites for hydroxylation is 1. The van der Waals surface area contributed by atoms with Crippen molar-refractivity contribution in [2.45, 2.75) is 6.92 Å². The van der Waals surface area contributed by atoms with Gasteiger partial charge < -0.3 is 0 Å². The molecule has 0 radical (unpaired) electrons. The van der Waals surface area contributed by atoms with Gasteiger partial charge in [-0.05, 0) is 19.1 Å². The van der Waals surface area contributed by atoms with E-state index in [2.05, 4.69) is 0 Å². The molecule has 0 atom stereocenters. The second-order valence-electron chi connectivity index (χ2n) is 2.88. The first kappa shape index (κ1) is 10.9. The summed E-state index contributed by atoms with van der Waals surface area (Å²) in [7, 11) is 0. The molecule has 1 aromatic carbocycles.